The summed E-state index contributed by atoms with van der Waals surface area (Å²) >= 11 is 0. The van der Waals surface area contributed by atoms with Crippen molar-refractivity contribution in [1.82, 2.24) is 14.9 Å². The van der Waals surface area contributed by atoms with Crippen molar-refractivity contribution in [3.05, 3.63) is 99.5 Å². The normalized spacial score (nSPS) is 18.7. The van der Waals surface area contributed by atoms with Gasteiger partial charge in [-0.15, -0.1) is 0 Å². The van der Waals surface area contributed by atoms with Gasteiger partial charge in [0.2, 0.25) is 15.0 Å². The number of rotatable bonds is 10. The number of benzene rings is 3. The number of hydrogen-bond acceptors (Lipinski definition) is 9. The maximum Gasteiger partial charge on any atom is 0.417 e. The second-order valence-corrected chi connectivity index (χ2v) is 16.6. The van der Waals surface area contributed by atoms with Gasteiger partial charge in [-0.2, -0.15) is 13.2 Å². The summed E-state index contributed by atoms with van der Waals surface area (Å²) in [6, 6.07) is 15.1. The number of methoxy groups -OCH3 is 2. The number of amides is 1. The fourth-order valence-corrected chi connectivity index (χ4v) is 8.40. The van der Waals surface area contributed by atoms with E-state index in [0.717, 1.165) is 17.4 Å². The number of carboxylic acid groups (broad SMARTS) is 1. The number of alkyl halides is 3. The molecular weight excluding hydrogens is 755 g/mol. The molecule has 1 aliphatic heterocycles. The Morgan fingerprint density at radius 2 is 1.52 bits per heavy atom. The number of halogens is 4. The molecule has 4 aromatic rings. The molecule has 6 rings (SSSR count). The molecular formula is C40H45F4N5O6S. The zero-order valence-electron chi connectivity index (χ0n) is 32.0. The first-order chi connectivity index (χ1) is 26.4. The van der Waals surface area contributed by atoms with Crippen molar-refractivity contribution >= 4 is 27.4 Å². The van der Waals surface area contributed by atoms with E-state index in [1.165, 1.54) is 32.1 Å². The Hall–Kier alpha value is -5.12. The molecule has 11 nitrogen and oxygen atoms in total. The molecule has 1 aromatic heterocycles. The Balaban J connectivity index is 1.48. The molecule has 1 N–H and O–H groups in total. The third-order valence-corrected chi connectivity index (χ3v) is 11.6. The second-order valence-electron chi connectivity index (χ2n) is 14.7. The van der Waals surface area contributed by atoms with Crippen LogP contribution in [0.3, 0.4) is 0 Å². The summed E-state index contributed by atoms with van der Waals surface area (Å²) in [6.07, 6.45) is -5.10. The number of anilines is 2. The smallest absolute Gasteiger partial charge is 0.417 e. The molecule has 0 radical (unpaired) electrons. The zero-order valence-corrected chi connectivity index (χ0v) is 32.8. The molecule has 0 bridgehead atoms. The summed E-state index contributed by atoms with van der Waals surface area (Å²) in [5.41, 5.74) is 0.590. The van der Waals surface area contributed by atoms with Gasteiger partial charge in [0.05, 0.1) is 31.2 Å². The van der Waals surface area contributed by atoms with Crippen LogP contribution in [0.15, 0.2) is 59.8 Å². The van der Waals surface area contributed by atoms with Crippen molar-refractivity contribution in [2.24, 2.45) is 5.92 Å². The van der Waals surface area contributed by atoms with Gasteiger partial charge in [-0.25, -0.2) is 27.6 Å². The van der Waals surface area contributed by atoms with Crippen molar-refractivity contribution in [2.45, 2.75) is 70.0 Å². The highest BCUT2D eigenvalue weighted by Gasteiger charge is 2.44. The summed E-state index contributed by atoms with van der Waals surface area (Å²) in [7, 11) is -0.923. The predicted octanol–water partition coefficient (Wildman–Crippen LogP) is 7.28. The molecule has 2 aliphatic rings. The van der Waals surface area contributed by atoms with Crippen LogP contribution >= 0.6 is 0 Å². The Kier molecular flexibility index (Phi) is 11.4. The minimum absolute atomic E-state index is 0.0135. The SMILES string of the molecule is COc1ccc(CN(Cc2ccc(OC)cc2)c2cc(C)c(C(F)(F)F)c([C@@H]3Cc4nc(S(C)(=O)=O)nc(N5CCN(C(=O)O)C[C@@H]5C)c4C[C@H]3C)c2F)cc1. The van der Waals surface area contributed by atoms with E-state index in [1.54, 1.807) is 43.0 Å². The minimum Gasteiger partial charge on any atom is -0.497 e. The van der Waals surface area contributed by atoms with Gasteiger partial charge in [-0.1, -0.05) is 31.2 Å². The molecule has 1 amide bonds. The largest absolute Gasteiger partial charge is 0.497 e. The number of aryl methyl sites for hydroxylation is 1. The summed E-state index contributed by atoms with van der Waals surface area (Å²) in [4.78, 5) is 25.3. The molecule has 1 saturated heterocycles. The van der Waals surface area contributed by atoms with Crippen LogP contribution in [0.5, 0.6) is 11.5 Å². The molecule has 3 atom stereocenters. The standard InChI is InChI=1S/C40H45F4N5O6S/c1-23-17-31-32(45-38(56(6,52)53)46-37(31)49-16-15-47(39(50)51)20-25(49)3)19-30(23)34-35(40(42,43)44)24(2)18-33(36(34)41)48(21-26-7-11-28(54-4)12-8-26)22-27-9-13-29(55-5)14-10-27/h7-14,18,23,25,30H,15-17,19-22H2,1-6H3,(H,50,51)/t23-,25+,30-/m1/s1. The highest BCUT2D eigenvalue weighted by molar-refractivity contribution is 7.90. The van der Waals surface area contributed by atoms with E-state index in [9.17, 15) is 18.3 Å². The average molecular weight is 800 g/mol. The Bertz CT molecular complexity index is 2150. The van der Waals surface area contributed by atoms with Gasteiger partial charge in [-0.3, -0.25) is 0 Å². The quantitative estimate of drug-likeness (QED) is 0.129. The zero-order chi connectivity index (χ0) is 40.7. The van der Waals surface area contributed by atoms with Gasteiger partial charge in [0.15, 0.2) is 5.82 Å². The van der Waals surface area contributed by atoms with Crippen molar-refractivity contribution in [2.75, 3.05) is 49.9 Å². The van der Waals surface area contributed by atoms with Crippen LogP contribution in [-0.4, -0.2) is 80.6 Å². The van der Waals surface area contributed by atoms with E-state index < -0.39 is 62.1 Å². The second kappa shape index (κ2) is 15.8. The molecule has 0 saturated carbocycles. The maximum atomic E-state index is 17.5. The monoisotopic (exact) mass is 799 g/mol. The van der Waals surface area contributed by atoms with Crippen molar-refractivity contribution in [3.8, 4) is 11.5 Å². The van der Waals surface area contributed by atoms with E-state index in [-0.39, 0.29) is 62.5 Å². The van der Waals surface area contributed by atoms with Crippen LogP contribution in [0.25, 0.3) is 0 Å². The lowest BCUT2D eigenvalue weighted by Crippen LogP contribution is -2.54. The van der Waals surface area contributed by atoms with Crippen molar-refractivity contribution in [1.29, 1.82) is 0 Å². The van der Waals surface area contributed by atoms with Crippen molar-refractivity contribution < 1.29 is 45.4 Å². The Morgan fingerprint density at radius 3 is 2.00 bits per heavy atom. The lowest BCUT2D eigenvalue weighted by atomic mass is 9.73. The molecule has 300 valence electrons. The van der Waals surface area contributed by atoms with Gasteiger partial charge in [-0.05, 0) is 85.5 Å². The third kappa shape index (κ3) is 8.34. The molecule has 16 heteroatoms. The van der Waals surface area contributed by atoms with Gasteiger partial charge >= 0.3 is 12.3 Å². The first-order valence-corrected chi connectivity index (χ1v) is 20.0. The van der Waals surface area contributed by atoms with Crippen LogP contribution in [-0.2, 0) is 41.9 Å². The van der Waals surface area contributed by atoms with Gasteiger partial charge in [0.25, 0.3) is 0 Å². The van der Waals surface area contributed by atoms with E-state index >= 15 is 17.6 Å². The number of aromatic nitrogens is 2. The van der Waals surface area contributed by atoms with Gasteiger partial charge < -0.3 is 29.3 Å². The number of piperazine rings is 1. The van der Waals surface area contributed by atoms with Gasteiger partial charge in [0, 0.05) is 56.1 Å². The Morgan fingerprint density at radius 1 is 0.946 bits per heavy atom. The molecule has 1 aliphatic carbocycles. The number of fused-ring (bicyclic) bond motifs is 1. The lowest BCUT2D eigenvalue weighted by molar-refractivity contribution is -0.139. The number of sulfone groups is 1. The van der Waals surface area contributed by atoms with Crippen molar-refractivity contribution in [3.63, 3.8) is 0 Å². The summed E-state index contributed by atoms with van der Waals surface area (Å²) in [5.74, 6) is -1.09. The topological polar surface area (TPSA) is 125 Å². The molecule has 3 aromatic carbocycles. The Labute approximate surface area is 323 Å². The number of nitrogens with zero attached hydrogens (tertiary/aromatic N) is 5. The third-order valence-electron chi connectivity index (χ3n) is 10.7. The van der Waals surface area contributed by atoms with Crippen LogP contribution < -0.4 is 19.3 Å². The maximum absolute atomic E-state index is 17.5. The molecule has 1 fully saturated rings. The molecule has 56 heavy (non-hydrogen) atoms. The van der Waals surface area contributed by atoms with Crippen LogP contribution in [0.1, 0.15) is 58.8 Å². The minimum atomic E-state index is -4.91. The number of hydrogen-bond donors (Lipinski definition) is 1. The van der Waals surface area contributed by atoms with Crippen LogP contribution in [0.2, 0.25) is 0 Å². The number of carbonyl (C=O) groups is 1. The lowest BCUT2D eigenvalue weighted by Gasteiger charge is -2.42. The number of ether oxygens (including phenoxy) is 2. The molecule has 2 heterocycles. The highest BCUT2D eigenvalue weighted by atomic mass is 32.2. The first-order valence-electron chi connectivity index (χ1n) is 18.1. The van der Waals surface area contributed by atoms with E-state index in [1.807, 2.05) is 29.2 Å². The van der Waals surface area contributed by atoms with E-state index in [0.29, 0.717) is 22.9 Å². The van der Waals surface area contributed by atoms with E-state index in [2.05, 4.69) is 9.97 Å². The summed E-state index contributed by atoms with van der Waals surface area (Å²) in [6.45, 7) is 5.67. The molecule has 0 unspecified atom stereocenters. The van der Waals surface area contributed by atoms with Crippen LogP contribution in [0.4, 0.5) is 33.9 Å². The van der Waals surface area contributed by atoms with Crippen LogP contribution in [0, 0.1) is 18.7 Å². The first kappa shape index (κ1) is 40.5. The average Bonchev–Trinajstić information content (AvgIpc) is 3.14. The predicted molar refractivity (Wildman–Crippen MR) is 203 cm³/mol. The highest BCUT2D eigenvalue weighted by Crippen LogP contribution is 2.48. The summed E-state index contributed by atoms with van der Waals surface area (Å²) in [5, 5.41) is 9.07. The fraction of sp³-hybridized carbons (Fsp3) is 0.425. The fourth-order valence-electron chi connectivity index (χ4n) is 7.87. The van der Waals surface area contributed by atoms with Gasteiger partial charge in [0.1, 0.15) is 17.3 Å². The molecule has 0 spiro atoms. The summed E-state index contributed by atoms with van der Waals surface area (Å²) < 4.78 is 99.3. The van der Waals surface area contributed by atoms with E-state index in [4.69, 9.17) is 9.47 Å².